The molecule has 4 nitrogen and oxygen atoms in total. The van der Waals surface area contributed by atoms with Crippen molar-refractivity contribution in [1.29, 1.82) is 5.26 Å². The Morgan fingerprint density at radius 3 is 2.50 bits per heavy atom. The zero-order valence-electron chi connectivity index (χ0n) is 13.3. The minimum atomic E-state index is -0.431. The highest BCUT2D eigenvalue weighted by Gasteiger charge is 2.08. The molecular weight excluding hydrogens is 324 g/mol. The molecule has 2 aromatic carbocycles. The van der Waals surface area contributed by atoms with Gasteiger partial charge in [-0.05, 0) is 42.8 Å². The van der Waals surface area contributed by atoms with E-state index in [1.54, 1.807) is 24.3 Å². The maximum atomic E-state index is 12.0. The summed E-state index contributed by atoms with van der Waals surface area (Å²) in [7, 11) is 0. The van der Waals surface area contributed by atoms with Crippen molar-refractivity contribution in [3.63, 3.8) is 0 Å². The molecule has 0 radical (unpaired) electrons. The lowest BCUT2D eigenvalue weighted by molar-refractivity contribution is -0.117. The molecule has 0 bridgehead atoms. The van der Waals surface area contributed by atoms with Crippen LogP contribution in [-0.2, 0) is 4.79 Å². The van der Waals surface area contributed by atoms with E-state index in [4.69, 9.17) is 21.6 Å². The zero-order chi connectivity index (χ0) is 17.4. The van der Waals surface area contributed by atoms with E-state index >= 15 is 0 Å². The summed E-state index contributed by atoms with van der Waals surface area (Å²) in [6.45, 7) is 2.64. The van der Waals surface area contributed by atoms with Crippen LogP contribution in [0, 0.1) is 18.3 Å². The molecule has 0 aromatic heterocycles. The predicted molar refractivity (Wildman–Crippen MR) is 94.7 cm³/mol. The summed E-state index contributed by atoms with van der Waals surface area (Å²) in [5.74, 6) is 0.312. The Morgan fingerprint density at radius 1 is 1.21 bits per heavy atom. The van der Waals surface area contributed by atoms with Gasteiger partial charge in [-0.3, -0.25) is 4.79 Å². The number of hydrogen-bond acceptors (Lipinski definition) is 3. The van der Waals surface area contributed by atoms with Crippen LogP contribution in [-0.4, -0.2) is 19.1 Å². The smallest absolute Gasteiger partial charge is 0.262 e. The molecule has 0 heterocycles. The number of hydrogen-bond donors (Lipinski definition) is 1. The first-order chi connectivity index (χ1) is 11.6. The number of aryl methyl sites for hydroxylation is 1. The molecular formula is C19H17ClN2O2. The van der Waals surface area contributed by atoms with Gasteiger partial charge >= 0.3 is 0 Å². The second-order valence-electron chi connectivity index (χ2n) is 5.14. The molecule has 24 heavy (non-hydrogen) atoms. The third-order valence-electron chi connectivity index (χ3n) is 3.22. The normalized spacial score (nSPS) is 10.8. The van der Waals surface area contributed by atoms with E-state index in [2.05, 4.69) is 5.32 Å². The molecule has 2 rings (SSSR count). The molecule has 0 spiro atoms. The second kappa shape index (κ2) is 8.76. The molecule has 122 valence electrons. The van der Waals surface area contributed by atoms with Gasteiger partial charge in [-0.2, -0.15) is 5.26 Å². The summed E-state index contributed by atoms with van der Waals surface area (Å²) in [6.07, 6.45) is 1.52. The van der Waals surface area contributed by atoms with E-state index in [1.807, 2.05) is 37.3 Å². The first-order valence-electron chi connectivity index (χ1n) is 7.43. The molecule has 0 aliphatic heterocycles. The van der Waals surface area contributed by atoms with Gasteiger partial charge in [0, 0.05) is 5.02 Å². The molecule has 0 saturated heterocycles. The van der Waals surface area contributed by atoms with E-state index in [9.17, 15) is 4.79 Å². The van der Waals surface area contributed by atoms with Crippen LogP contribution in [0.25, 0.3) is 6.08 Å². The van der Waals surface area contributed by atoms with Crippen LogP contribution >= 0.6 is 11.6 Å². The maximum Gasteiger partial charge on any atom is 0.262 e. The summed E-state index contributed by atoms with van der Waals surface area (Å²) in [6, 6.07) is 16.5. The molecule has 2 aromatic rings. The first-order valence-corrected chi connectivity index (χ1v) is 7.81. The Kier molecular flexibility index (Phi) is 6.41. The van der Waals surface area contributed by atoms with Crippen molar-refractivity contribution < 1.29 is 9.53 Å². The number of benzene rings is 2. The Morgan fingerprint density at radius 2 is 1.88 bits per heavy atom. The quantitative estimate of drug-likeness (QED) is 0.495. The van der Waals surface area contributed by atoms with Gasteiger partial charge in [0.05, 0.1) is 6.54 Å². The minimum Gasteiger partial charge on any atom is -0.492 e. The van der Waals surface area contributed by atoms with Crippen LogP contribution < -0.4 is 10.1 Å². The summed E-state index contributed by atoms with van der Waals surface area (Å²) in [4.78, 5) is 12.0. The molecule has 5 heteroatoms. The monoisotopic (exact) mass is 340 g/mol. The largest absolute Gasteiger partial charge is 0.492 e. The molecule has 0 fully saturated rings. The zero-order valence-corrected chi connectivity index (χ0v) is 14.0. The number of nitrogens with one attached hydrogen (secondary N) is 1. The van der Waals surface area contributed by atoms with Crippen LogP contribution in [0.2, 0.25) is 5.02 Å². The van der Waals surface area contributed by atoms with E-state index in [1.165, 1.54) is 6.08 Å². The van der Waals surface area contributed by atoms with Crippen LogP contribution in [0.1, 0.15) is 11.1 Å². The molecule has 1 N–H and O–H groups in total. The maximum absolute atomic E-state index is 12.0. The number of nitrogens with zero attached hydrogens (tertiary/aromatic N) is 1. The van der Waals surface area contributed by atoms with Crippen molar-refractivity contribution in [3.05, 3.63) is 70.3 Å². The number of rotatable bonds is 6. The van der Waals surface area contributed by atoms with E-state index in [-0.39, 0.29) is 5.57 Å². The van der Waals surface area contributed by atoms with Gasteiger partial charge in [0.1, 0.15) is 24.0 Å². The van der Waals surface area contributed by atoms with E-state index < -0.39 is 5.91 Å². The van der Waals surface area contributed by atoms with Crippen molar-refractivity contribution in [2.45, 2.75) is 6.92 Å². The van der Waals surface area contributed by atoms with Crippen LogP contribution in [0.3, 0.4) is 0 Å². The Bertz CT molecular complexity index is 759. The molecule has 0 atom stereocenters. The van der Waals surface area contributed by atoms with Gasteiger partial charge in [0.2, 0.25) is 0 Å². The van der Waals surface area contributed by atoms with Gasteiger partial charge in [-0.15, -0.1) is 0 Å². The Balaban J connectivity index is 1.84. The standard InChI is InChI=1S/C19H17ClN2O2/c1-14-2-8-18(9-3-14)24-11-10-22-19(23)16(13-21)12-15-4-6-17(20)7-5-15/h2-9,12H,10-11H2,1H3,(H,22,23)/b16-12+. The highest BCUT2D eigenvalue weighted by atomic mass is 35.5. The first kappa shape index (κ1) is 17.6. The highest BCUT2D eigenvalue weighted by molar-refractivity contribution is 6.30. The fraction of sp³-hybridized carbons (Fsp3) is 0.158. The summed E-state index contributed by atoms with van der Waals surface area (Å²) < 4.78 is 5.52. The van der Waals surface area contributed by atoms with Crippen molar-refractivity contribution in [2.24, 2.45) is 0 Å². The molecule has 0 aliphatic carbocycles. The highest BCUT2D eigenvalue weighted by Crippen LogP contribution is 2.13. The lowest BCUT2D eigenvalue weighted by atomic mass is 10.1. The number of carbonyl (C=O) groups excluding carboxylic acids is 1. The van der Waals surface area contributed by atoms with Crippen molar-refractivity contribution in [3.8, 4) is 11.8 Å². The SMILES string of the molecule is Cc1ccc(OCCNC(=O)/C(C#N)=C/c2ccc(Cl)cc2)cc1. The molecule has 0 aliphatic rings. The fourth-order valence-corrected chi connectivity index (χ4v) is 2.06. The van der Waals surface area contributed by atoms with Crippen molar-refractivity contribution >= 4 is 23.6 Å². The van der Waals surface area contributed by atoms with Crippen molar-refractivity contribution in [1.82, 2.24) is 5.32 Å². The molecule has 0 unspecified atom stereocenters. The summed E-state index contributed by atoms with van der Waals surface area (Å²) in [5.41, 5.74) is 1.93. The van der Waals surface area contributed by atoms with Crippen molar-refractivity contribution in [2.75, 3.05) is 13.2 Å². The number of ether oxygens (including phenoxy) is 1. The Hall–Kier alpha value is -2.77. The number of amides is 1. The third-order valence-corrected chi connectivity index (χ3v) is 3.48. The third kappa shape index (κ3) is 5.45. The van der Waals surface area contributed by atoms with Gasteiger partial charge in [-0.25, -0.2) is 0 Å². The topological polar surface area (TPSA) is 62.1 Å². The summed E-state index contributed by atoms with van der Waals surface area (Å²) >= 11 is 5.81. The van der Waals surface area contributed by atoms with E-state index in [0.717, 1.165) is 16.9 Å². The minimum absolute atomic E-state index is 0.0349. The Labute approximate surface area is 146 Å². The lowest BCUT2D eigenvalue weighted by Crippen LogP contribution is -2.29. The fourth-order valence-electron chi connectivity index (χ4n) is 1.94. The predicted octanol–water partition coefficient (Wildman–Crippen LogP) is 3.75. The van der Waals surface area contributed by atoms with Crippen LogP contribution in [0.5, 0.6) is 5.75 Å². The number of nitriles is 1. The molecule has 0 saturated carbocycles. The van der Waals surface area contributed by atoms with Gasteiger partial charge < -0.3 is 10.1 Å². The van der Waals surface area contributed by atoms with Crippen LogP contribution in [0.4, 0.5) is 0 Å². The van der Waals surface area contributed by atoms with Gasteiger partial charge in [0.15, 0.2) is 0 Å². The average molecular weight is 341 g/mol. The second-order valence-corrected chi connectivity index (χ2v) is 5.58. The summed E-state index contributed by atoms with van der Waals surface area (Å²) in [5, 5.41) is 12.4. The molecule has 1 amide bonds. The van der Waals surface area contributed by atoms with Gasteiger partial charge in [-0.1, -0.05) is 41.4 Å². The lowest BCUT2D eigenvalue weighted by Gasteiger charge is -2.07. The van der Waals surface area contributed by atoms with Gasteiger partial charge in [0.25, 0.3) is 5.91 Å². The average Bonchev–Trinajstić information content (AvgIpc) is 2.59. The van der Waals surface area contributed by atoms with Crippen LogP contribution in [0.15, 0.2) is 54.1 Å². The number of halogens is 1. The number of carbonyl (C=O) groups is 1. The van der Waals surface area contributed by atoms with E-state index in [0.29, 0.717) is 18.2 Å².